The molecule has 0 spiro atoms. The van der Waals surface area contributed by atoms with Gasteiger partial charge in [-0.05, 0) is 52.5 Å². The average molecular weight is 335 g/mol. The Bertz CT molecular complexity index is 1430. The lowest BCUT2D eigenvalue weighted by Gasteiger charge is -2.13. The topological polar surface area (TPSA) is 26.0 Å². The minimum absolute atomic E-state index is 0.659. The monoisotopic (exact) mass is 335 g/mol. The molecular weight excluding hydrogens is 318 g/mol. The Morgan fingerprint density at radius 1 is 0.923 bits per heavy atom. The number of furan rings is 1. The number of rotatable bonds is 1. The first-order chi connectivity index (χ1) is 13.6. The first kappa shape index (κ1) is 12.0. The largest absolute Gasteiger partial charge is 0.455 e. The maximum Gasteiger partial charge on any atom is 0.144 e. The molecule has 1 aliphatic carbocycles. The molecule has 0 unspecified atom stereocenters. The second-order valence-corrected chi connectivity index (χ2v) is 6.54. The van der Waals surface area contributed by atoms with E-state index in [2.05, 4.69) is 17.1 Å². The zero-order valence-electron chi connectivity index (χ0n) is 15.9. The van der Waals surface area contributed by atoms with Gasteiger partial charge in [0, 0.05) is 25.3 Å². The standard InChI is InChI=1S/C24H15NO/c1-2-13-25-20(12-1)17-9-5-11-19-23-18-10-4-7-15-6-3-8-16(22(15)18)14-21(23)26-24(17)19/h1-7,9-14H,8H2/i8D2. The van der Waals surface area contributed by atoms with E-state index in [1.165, 1.54) is 0 Å². The van der Waals surface area contributed by atoms with Gasteiger partial charge in [0.25, 0.3) is 0 Å². The molecule has 1 aliphatic rings. The van der Waals surface area contributed by atoms with E-state index in [1.807, 2.05) is 54.6 Å². The van der Waals surface area contributed by atoms with E-state index in [4.69, 9.17) is 7.16 Å². The summed E-state index contributed by atoms with van der Waals surface area (Å²) in [5.41, 5.74) is 4.99. The van der Waals surface area contributed by atoms with E-state index >= 15 is 0 Å². The molecule has 0 bridgehead atoms. The van der Waals surface area contributed by atoms with Crippen LogP contribution in [0.5, 0.6) is 0 Å². The van der Waals surface area contributed by atoms with Crippen molar-refractivity contribution in [3.63, 3.8) is 0 Å². The van der Waals surface area contributed by atoms with Crippen LogP contribution in [0.25, 0.3) is 50.0 Å². The van der Waals surface area contributed by atoms with Gasteiger partial charge in [0.1, 0.15) is 11.2 Å². The van der Waals surface area contributed by atoms with Gasteiger partial charge in [-0.1, -0.05) is 48.6 Å². The van der Waals surface area contributed by atoms with E-state index in [1.54, 1.807) is 12.3 Å². The summed E-state index contributed by atoms with van der Waals surface area (Å²) in [7, 11) is 0. The third-order valence-electron chi connectivity index (χ3n) is 5.10. The highest BCUT2D eigenvalue weighted by Gasteiger charge is 2.18. The normalized spacial score (nSPS) is 16.2. The molecule has 5 aromatic rings. The molecule has 0 fully saturated rings. The molecule has 0 saturated heterocycles. The Kier molecular flexibility index (Phi) is 2.34. The van der Waals surface area contributed by atoms with Crippen molar-refractivity contribution >= 4 is 38.8 Å². The predicted octanol–water partition coefficient (Wildman–Crippen LogP) is 6.37. The van der Waals surface area contributed by atoms with Crippen molar-refractivity contribution in [1.82, 2.24) is 4.98 Å². The Labute approximate surface area is 153 Å². The summed E-state index contributed by atoms with van der Waals surface area (Å²) in [5, 5.41) is 4.04. The molecule has 3 aromatic carbocycles. The van der Waals surface area contributed by atoms with Crippen molar-refractivity contribution in [3.05, 3.63) is 84.1 Å². The second-order valence-electron chi connectivity index (χ2n) is 6.54. The number of fused-ring (bicyclic) bond motifs is 4. The molecule has 0 radical (unpaired) electrons. The fourth-order valence-electron chi connectivity index (χ4n) is 4.00. The Hall–Kier alpha value is -3.39. The molecule has 0 saturated carbocycles. The van der Waals surface area contributed by atoms with Crippen LogP contribution in [-0.4, -0.2) is 4.98 Å². The van der Waals surface area contributed by atoms with E-state index in [9.17, 15) is 0 Å². The van der Waals surface area contributed by atoms with Gasteiger partial charge < -0.3 is 4.42 Å². The summed E-state index contributed by atoms with van der Waals surface area (Å²) in [5.74, 6) is 0. The lowest BCUT2D eigenvalue weighted by atomic mass is 9.90. The zero-order valence-corrected chi connectivity index (χ0v) is 13.9. The smallest absolute Gasteiger partial charge is 0.144 e. The first-order valence-electron chi connectivity index (χ1n) is 9.65. The maximum atomic E-state index is 8.46. The van der Waals surface area contributed by atoms with Gasteiger partial charge in [-0.3, -0.25) is 4.98 Å². The van der Waals surface area contributed by atoms with Crippen molar-refractivity contribution in [2.24, 2.45) is 0 Å². The summed E-state index contributed by atoms with van der Waals surface area (Å²) in [6.07, 6.45) is 3.75. The summed E-state index contributed by atoms with van der Waals surface area (Å²) >= 11 is 0. The van der Waals surface area contributed by atoms with Gasteiger partial charge in [-0.25, -0.2) is 0 Å². The predicted molar refractivity (Wildman–Crippen MR) is 107 cm³/mol. The number of benzene rings is 3. The first-order valence-corrected chi connectivity index (χ1v) is 8.65. The van der Waals surface area contributed by atoms with Crippen LogP contribution < -0.4 is 0 Å². The van der Waals surface area contributed by atoms with E-state index in [-0.39, 0.29) is 0 Å². The molecule has 2 heterocycles. The van der Waals surface area contributed by atoms with Crippen LogP contribution in [0.15, 0.2) is 77.4 Å². The van der Waals surface area contributed by atoms with Gasteiger partial charge in [0.2, 0.25) is 0 Å². The van der Waals surface area contributed by atoms with Gasteiger partial charge in [-0.15, -0.1) is 0 Å². The van der Waals surface area contributed by atoms with Crippen LogP contribution in [0, 0.1) is 0 Å². The molecule has 0 aliphatic heterocycles. The number of para-hydroxylation sites is 1. The highest BCUT2D eigenvalue weighted by molar-refractivity contribution is 6.22. The molecule has 2 heteroatoms. The lowest BCUT2D eigenvalue weighted by Crippen LogP contribution is -1.92. The molecule has 6 rings (SSSR count). The fraction of sp³-hybridized carbons (Fsp3) is 0.0417. The van der Waals surface area contributed by atoms with Gasteiger partial charge in [0.05, 0.1) is 5.69 Å². The highest BCUT2D eigenvalue weighted by Crippen LogP contribution is 2.41. The third-order valence-corrected chi connectivity index (χ3v) is 5.10. The van der Waals surface area contributed by atoms with Crippen molar-refractivity contribution in [2.45, 2.75) is 6.37 Å². The molecular formula is C24H15NO. The maximum absolute atomic E-state index is 8.46. The van der Waals surface area contributed by atoms with Crippen LogP contribution in [0.3, 0.4) is 0 Å². The summed E-state index contributed by atoms with van der Waals surface area (Å²) < 4.78 is 23.2. The number of aromatic nitrogens is 1. The summed E-state index contributed by atoms with van der Waals surface area (Å²) in [6.45, 7) is 0. The van der Waals surface area contributed by atoms with Crippen molar-refractivity contribution < 1.29 is 7.16 Å². The molecule has 0 N–H and O–H groups in total. The van der Waals surface area contributed by atoms with E-state index in [0.29, 0.717) is 11.1 Å². The van der Waals surface area contributed by atoms with E-state index < -0.39 is 6.37 Å². The molecule has 26 heavy (non-hydrogen) atoms. The lowest BCUT2D eigenvalue weighted by molar-refractivity contribution is 0.669. The Morgan fingerprint density at radius 2 is 1.85 bits per heavy atom. The Morgan fingerprint density at radius 3 is 2.77 bits per heavy atom. The zero-order chi connectivity index (χ0) is 18.9. The van der Waals surface area contributed by atoms with Crippen LogP contribution in [-0.2, 0) is 6.37 Å². The summed E-state index contributed by atoms with van der Waals surface area (Å²) in [6, 6.07) is 19.9. The molecule has 2 aromatic heterocycles. The minimum atomic E-state index is -1.52. The molecule has 0 amide bonds. The van der Waals surface area contributed by atoms with Crippen LogP contribution in [0.2, 0.25) is 0 Å². The Balaban J connectivity index is 1.81. The third kappa shape index (κ3) is 1.79. The number of nitrogens with zero attached hydrogens (tertiary/aromatic N) is 1. The molecule has 2 nitrogen and oxygen atoms in total. The average Bonchev–Trinajstić information content (AvgIpc) is 3.10. The van der Waals surface area contributed by atoms with Gasteiger partial charge >= 0.3 is 0 Å². The minimum Gasteiger partial charge on any atom is -0.455 e. The fourth-order valence-corrected chi connectivity index (χ4v) is 4.00. The van der Waals surface area contributed by atoms with Crippen molar-refractivity contribution in [2.75, 3.05) is 0 Å². The number of hydrogen-bond acceptors (Lipinski definition) is 2. The number of hydrogen-bond donors (Lipinski definition) is 0. The van der Waals surface area contributed by atoms with Crippen molar-refractivity contribution in [1.29, 1.82) is 0 Å². The summed E-state index contributed by atoms with van der Waals surface area (Å²) in [4.78, 5) is 4.48. The molecule has 122 valence electrons. The SMILES string of the molecule is [2H]C1([2H])C=Cc2cccc3c2c1cc1oc2c(-c4ccccn4)cccc2c13. The van der Waals surface area contributed by atoms with Crippen LogP contribution in [0.4, 0.5) is 0 Å². The number of allylic oxidation sites excluding steroid dienone is 1. The molecule has 0 atom stereocenters. The quantitative estimate of drug-likeness (QED) is 0.356. The van der Waals surface area contributed by atoms with Gasteiger partial charge in [-0.2, -0.15) is 0 Å². The van der Waals surface area contributed by atoms with Gasteiger partial charge in [0.15, 0.2) is 0 Å². The number of pyridine rings is 1. The highest BCUT2D eigenvalue weighted by atomic mass is 16.3. The van der Waals surface area contributed by atoms with Crippen LogP contribution >= 0.6 is 0 Å². The van der Waals surface area contributed by atoms with E-state index in [0.717, 1.165) is 43.9 Å². The van der Waals surface area contributed by atoms with Crippen LogP contribution in [0.1, 0.15) is 13.9 Å². The van der Waals surface area contributed by atoms with Crippen molar-refractivity contribution in [3.8, 4) is 11.3 Å². The second kappa shape index (κ2) is 5.06.